The minimum Gasteiger partial charge on any atom is -0.299 e. The molecule has 1 aliphatic carbocycles. The van der Waals surface area contributed by atoms with E-state index in [1.54, 1.807) is 38.4 Å². The zero-order chi connectivity index (χ0) is 25.3. The molecular weight excluding hydrogens is 439 g/mol. The van der Waals surface area contributed by atoms with Gasteiger partial charge in [-0.05, 0) is 61.9 Å². The number of allylic oxidation sites excluding steroid dienone is 1. The number of rotatable bonds is 6. The minimum absolute atomic E-state index is 0.107. The summed E-state index contributed by atoms with van der Waals surface area (Å²) >= 11 is 0. The average molecular weight is 474 g/mol. The van der Waals surface area contributed by atoms with Crippen LogP contribution in [0.3, 0.4) is 0 Å². The molecule has 0 unspecified atom stereocenters. The van der Waals surface area contributed by atoms with E-state index in [0.29, 0.717) is 27.8 Å². The van der Waals surface area contributed by atoms with Crippen LogP contribution in [0.25, 0.3) is 5.57 Å². The highest BCUT2D eigenvalue weighted by molar-refractivity contribution is 5.98. The Morgan fingerprint density at radius 1 is 1.18 bits per heavy atom. The van der Waals surface area contributed by atoms with Crippen molar-refractivity contribution in [2.45, 2.75) is 78.4 Å². The summed E-state index contributed by atoms with van der Waals surface area (Å²) in [6, 6.07) is 8.23. The molecular formula is C27H34F3N3O. The molecule has 2 aromatic rings. The Kier molecular flexibility index (Phi) is 10.0. The summed E-state index contributed by atoms with van der Waals surface area (Å²) in [6.45, 7) is 11.1. The van der Waals surface area contributed by atoms with E-state index >= 15 is 0 Å². The number of nitrogens with zero attached hydrogens (tertiary/aromatic N) is 3. The van der Waals surface area contributed by atoms with Crippen LogP contribution in [0.2, 0.25) is 0 Å². The number of carbonyl (C=O) groups is 1. The van der Waals surface area contributed by atoms with Crippen molar-refractivity contribution in [1.82, 2.24) is 4.98 Å². The fourth-order valence-electron chi connectivity index (χ4n) is 4.10. The lowest BCUT2D eigenvalue weighted by atomic mass is 9.85. The van der Waals surface area contributed by atoms with Gasteiger partial charge in [-0.15, -0.1) is 0 Å². The average Bonchev–Trinajstić information content (AvgIpc) is 2.84. The normalized spacial score (nSPS) is 14.4. The molecule has 0 spiro atoms. The van der Waals surface area contributed by atoms with Gasteiger partial charge in [0.15, 0.2) is 0 Å². The molecule has 0 aliphatic heterocycles. The van der Waals surface area contributed by atoms with E-state index in [9.17, 15) is 18.0 Å². The van der Waals surface area contributed by atoms with E-state index in [4.69, 9.17) is 0 Å². The lowest BCUT2D eigenvalue weighted by Crippen LogP contribution is -2.41. The molecule has 4 nitrogen and oxygen atoms in total. The van der Waals surface area contributed by atoms with Gasteiger partial charge in [-0.1, -0.05) is 51.8 Å². The fraction of sp³-hybridized carbons (Fsp3) is 0.444. The Labute approximate surface area is 200 Å². The number of halogens is 3. The van der Waals surface area contributed by atoms with Gasteiger partial charge in [0.05, 0.1) is 17.9 Å². The van der Waals surface area contributed by atoms with E-state index in [0.717, 1.165) is 24.0 Å². The number of hydrogen-bond acceptors (Lipinski definition) is 3. The van der Waals surface area contributed by atoms with Crippen molar-refractivity contribution in [3.63, 3.8) is 0 Å². The first-order valence-corrected chi connectivity index (χ1v) is 11.8. The molecule has 0 bridgehead atoms. The number of alkyl halides is 3. The van der Waals surface area contributed by atoms with Gasteiger partial charge in [0.25, 0.3) is 0 Å². The molecule has 0 N–H and O–H groups in total. The van der Waals surface area contributed by atoms with Crippen molar-refractivity contribution in [2.24, 2.45) is 4.99 Å². The Bertz CT molecular complexity index is 991. The van der Waals surface area contributed by atoms with Gasteiger partial charge < -0.3 is 0 Å². The molecule has 0 saturated heterocycles. The second kappa shape index (κ2) is 12.5. The topological polar surface area (TPSA) is 45.6 Å². The monoisotopic (exact) mass is 473 g/mol. The van der Waals surface area contributed by atoms with Crippen molar-refractivity contribution in [3.05, 3.63) is 59.9 Å². The SMILES string of the molecule is C=C(C)c1ccc(N(Cc2ccc(C3CCCCC3)cn2)C(=O)C(F)(F)F)cc1N=CC.CC. The summed E-state index contributed by atoms with van der Waals surface area (Å²) in [7, 11) is 0. The quantitative estimate of drug-likeness (QED) is 0.399. The number of anilines is 1. The van der Waals surface area contributed by atoms with E-state index < -0.39 is 12.1 Å². The highest BCUT2D eigenvalue weighted by Gasteiger charge is 2.43. The molecule has 1 aliphatic rings. The Hall–Kier alpha value is -2.96. The number of hydrogen-bond donors (Lipinski definition) is 0. The van der Waals surface area contributed by atoms with Crippen LogP contribution in [-0.4, -0.2) is 23.3 Å². The van der Waals surface area contributed by atoms with Crippen LogP contribution in [0.15, 0.2) is 48.1 Å². The third-order valence-corrected chi connectivity index (χ3v) is 5.75. The minimum atomic E-state index is -5.01. The molecule has 184 valence electrons. The van der Waals surface area contributed by atoms with Gasteiger partial charge >= 0.3 is 12.1 Å². The zero-order valence-corrected chi connectivity index (χ0v) is 20.5. The molecule has 7 heteroatoms. The smallest absolute Gasteiger partial charge is 0.299 e. The van der Waals surface area contributed by atoms with Gasteiger partial charge in [0.1, 0.15) is 0 Å². The van der Waals surface area contributed by atoms with Gasteiger partial charge in [-0.25, -0.2) is 0 Å². The summed E-state index contributed by atoms with van der Waals surface area (Å²) in [4.78, 5) is 21.6. The lowest BCUT2D eigenvalue weighted by molar-refractivity contribution is -0.170. The number of aromatic nitrogens is 1. The Morgan fingerprint density at radius 3 is 2.38 bits per heavy atom. The number of aliphatic imine (C=N–C) groups is 1. The first-order chi connectivity index (χ1) is 16.2. The predicted octanol–water partition coefficient (Wildman–Crippen LogP) is 8.01. The largest absolute Gasteiger partial charge is 0.471 e. The molecule has 1 aromatic heterocycles. The van der Waals surface area contributed by atoms with Gasteiger partial charge in [-0.3, -0.25) is 19.7 Å². The molecule has 34 heavy (non-hydrogen) atoms. The van der Waals surface area contributed by atoms with Crippen LogP contribution in [0, 0.1) is 0 Å². The molecule has 1 heterocycles. The zero-order valence-electron chi connectivity index (χ0n) is 20.5. The van der Waals surface area contributed by atoms with Crippen LogP contribution in [0.5, 0.6) is 0 Å². The number of pyridine rings is 1. The van der Waals surface area contributed by atoms with E-state index in [-0.39, 0.29) is 12.2 Å². The van der Waals surface area contributed by atoms with Crippen molar-refractivity contribution < 1.29 is 18.0 Å². The van der Waals surface area contributed by atoms with E-state index in [1.807, 2.05) is 19.9 Å². The van der Waals surface area contributed by atoms with E-state index in [2.05, 4.69) is 16.6 Å². The van der Waals surface area contributed by atoms with Crippen LogP contribution in [0.4, 0.5) is 24.5 Å². The molecule has 1 amide bonds. The maximum absolute atomic E-state index is 13.4. The summed E-state index contributed by atoms with van der Waals surface area (Å²) < 4.78 is 40.2. The number of carbonyl (C=O) groups excluding carboxylic acids is 1. The van der Waals surface area contributed by atoms with Crippen LogP contribution >= 0.6 is 0 Å². The number of benzene rings is 1. The molecule has 1 aromatic carbocycles. The van der Waals surface area contributed by atoms with Crippen molar-refractivity contribution >= 4 is 29.1 Å². The van der Waals surface area contributed by atoms with Crippen LogP contribution in [-0.2, 0) is 11.3 Å². The maximum Gasteiger partial charge on any atom is 0.471 e. The van der Waals surface area contributed by atoms with Crippen molar-refractivity contribution in [3.8, 4) is 0 Å². The first-order valence-electron chi connectivity index (χ1n) is 11.8. The fourth-order valence-corrected chi connectivity index (χ4v) is 4.10. The molecule has 1 saturated carbocycles. The third-order valence-electron chi connectivity index (χ3n) is 5.75. The molecule has 0 radical (unpaired) electrons. The maximum atomic E-state index is 13.4. The first kappa shape index (κ1) is 27.3. The summed E-state index contributed by atoms with van der Waals surface area (Å²) in [5, 5.41) is 0. The van der Waals surface area contributed by atoms with Gasteiger partial charge in [-0.2, -0.15) is 13.2 Å². The molecule has 0 atom stereocenters. The standard InChI is InChI=1S/C25H28F3N3O.C2H6/c1-4-29-23-14-21(12-13-22(23)17(2)3)31(24(32)25(26,27)28)16-20-11-10-19(15-30-20)18-8-6-5-7-9-18;1-2/h4,10-15,18H,2,5-9,16H2,1,3H3;1-2H3. The highest BCUT2D eigenvalue weighted by atomic mass is 19.4. The summed E-state index contributed by atoms with van der Waals surface area (Å²) in [5.41, 5.74) is 3.50. The summed E-state index contributed by atoms with van der Waals surface area (Å²) in [6.07, 6.45) is 4.09. The Balaban J connectivity index is 0.00000199. The number of amides is 1. The van der Waals surface area contributed by atoms with E-state index in [1.165, 1.54) is 31.4 Å². The summed E-state index contributed by atoms with van der Waals surface area (Å²) in [5.74, 6) is -1.49. The second-order valence-electron chi connectivity index (χ2n) is 8.18. The van der Waals surface area contributed by atoms with Crippen molar-refractivity contribution in [2.75, 3.05) is 4.90 Å². The van der Waals surface area contributed by atoms with Crippen LogP contribution in [0.1, 0.15) is 82.5 Å². The van der Waals surface area contributed by atoms with Crippen LogP contribution < -0.4 is 4.90 Å². The molecule has 1 fully saturated rings. The molecule has 3 rings (SSSR count). The lowest BCUT2D eigenvalue weighted by Gasteiger charge is -2.25. The highest BCUT2D eigenvalue weighted by Crippen LogP contribution is 2.34. The third kappa shape index (κ3) is 7.02. The second-order valence-corrected chi connectivity index (χ2v) is 8.18. The predicted molar refractivity (Wildman–Crippen MR) is 134 cm³/mol. The Morgan fingerprint density at radius 2 is 1.85 bits per heavy atom. The van der Waals surface area contributed by atoms with Gasteiger partial charge in [0.2, 0.25) is 0 Å². The van der Waals surface area contributed by atoms with Crippen molar-refractivity contribution in [1.29, 1.82) is 0 Å². The van der Waals surface area contributed by atoms with Gasteiger partial charge in [0, 0.05) is 23.7 Å².